The van der Waals surface area contributed by atoms with Crippen molar-refractivity contribution in [1.29, 1.82) is 0 Å². The Morgan fingerprint density at radius 2 is 2.22 bits per heavy atom. The van der Waals surface area contributed by atoms with Gasteiger partial charge in [0, 0.05) is 25.8 Å². The Morgan fingerprint density at radius 1 is 1.48 bits per heavy atom. The number of likely N-dealkylation sites (tertiary alicyclic amines) is 1. The van der Waals surface area contributed by atoms with Gasteiger partial charge in [0.1, 0.15) is 5.75 Å². The van der Waals surface area contributed by atoms with Gasteiger partial charge in [-0.25, -0.2) is 0 Å². The average Bonchev–Trinajstić information content (AvgIpc) is 2.97. The van der Waals surface area contributed by atoms with Gasteiger partial charge in [0.25, 0.3) is 5.91 Å². The lowest BCUT2D eigenvalue weighted by Crippen LogP contribution is -2.30. The molecule has 1 saturated heterocycles. The van der Waals surface area contributed by atoms with Crippen LogP contribution in [0.1, 0.15) is 37.0 Å². The van der Waals surface area contributed by atoms with Gasteiger partial charge in [-0.15, -0.1) is 0 Å². The van der Waals surface area contributed by atoms with Crippen LogP contribution in [-0.2, 0) is 4.74 Å². The SMILES string of the molecule is COc1cc(N)c(Cl)cc1C(=O)N1CCC(OCCC(C)C)C1. The second-order valence-corrected chi connectivity index (χ2v) is 6.70. The lowest BCUT2D eigenvalue weighted by atomic mass is 10.1. The Hall–Kier alpha value is -1.46. The van der Waals surface area contributed by atoms with E-state index in [2.05, 4.69) is 13.8 Å². The number of carbonyl (C=O) groups is 1. The second-order valence-electron chi connectivity index (χ2n) is 6.29. The number of anilines is 1. The van der Waals surface area contributed by atoms with Crippen LogP contribution < -0.4 is 10.5 Å². The molecule has 0 aromatic heterocycles. The van der Waals surface area contributed by atoms with Gasteiger partial charge in [-0.2, -0.15) is 0 Å². The first-order valence-electron chi connectivity index (χ1n) is 7.96. The molecule has 1 unspecified atom stereocenters. The van der Waals surface area contributed by atoms with Crippen molar-refractivity contribution in [2.75, 3.05) is 32.5 Å². The Labute approximate surface area is 142 Å². The summed E-state index contributed by atoms with van der Waals surface area (Å²) in [5, 5.41) is 0.359. The zero-order chi connectivity index (χ0) is 17.0. The molecule has 0 bridgehead atoms. The molecule has 1 aliphatic rings. The van der Waals surface area contributed by atoms with E-state index in [0.717, 1.165) is 19.4 Å². The minimum Gasteiger partial charge on any atom is -0.496 e. The number of ether oxygens (including phenoxy) is 2. The molecule has 1 aliphatic heterocycles. The maximum atomic E-state index is 12.7. The van der Waals surface area contributed by atoms with E-state index in [0.29, 0.717) is 41.0 Å². The van der Waals surface area contributed by atoms with Crippen molar-refractivity contribution < 1.29 is 14.3 Å². The van der Waals surface area contributed by atoms with E-state index in [1.165, 1.54) is 7.11 Å². The van der Waals surface area contributed by atoms with Crippen molar-refractivity contribution in [1.82, 2.24) is 4.90 Å². The van der Waals surface area contributed by atoms with Gasteiger partial charge in [0.2, 0.25) is 0 Å². The van der Waals surface area contributed by atoms with Crippen molar-refractivity contribution in [3.05, 3.63) is 22.7 Å². The molecule has 0 saturated carbocycles. The summed E-state index contributed by atoms with van der Waals surface area (Å²) in [6.07, 6.45) is 1.99. The van der Waals surface area contributed by atoms with E-state index in [4.69, 9.17) is 26.8 Å². The number of hydrogen-bond donors (Lipinski definition) is 1. The van der Waals surface area contributed by atoms with E-state index in [9.17, 15) is 4.79 Å². The summed E-state index contributed by atoms with van der Waals surface area (Å²) >= 11 is 6.04. The number of halogens is 1. The molecule has 0 spiro atoms. The third-order valence-electron chi connectivity index (χ3n) is 4.03. The van der Waals surface area contributed by atoms with E-state index in [1.807, 2.05) is 0 Å². The smallest absolute Gasteiger partial charge is 0.257 e. The lowest BCUT2D eigenvalue weighted by Gasteiger charge is -2.19. The molecule has 128 valence electrons. The molecule has 1 atom stereocenters. The van der Waals surface area contributed by atoms with Crippen molar-refractivity contribution in [2.45, 2.75) is 32.8 Å². The van der Waals surface area contributed by atoms with Crippen LogP contribution in [0.4, 0.5) is 5.69 Å². The largest absolute Gasteiger partial charge is 0.496 e. The lowest BCUT2D eigenvalue weighted by molar-refractivity contribution is 0.0483. The van der Waals surface area contributed by atoms with E-state index < -0.39 is 0 Å². The first-order valence-corrected chi connectivity index (χ1v) is 8.34. The third-order valence-corrected chi connectivity index (χ3v) is 4.36. The van der Waals surface area contributed by atoms with Crippen LogP contribution in [0.2, 0.25) is 5.02 Å². The Kier molecular flexibility index (Phi) is 6.13. The summed E-state index contributed by atoms with van der Waals surface area (Å²) in [5.41, 5.74) is 6.60. The van der Waals surface area contributed by atoms with Crippen LogP contribution >= 0.6 is 11.6 Å². The van der Waals surface area contributed by atoms with Crippen LogP contribution in [-0.4, -0.2) is 43.7 Å². The van der Waals surface area contributed by atoms with Crippen LogP contribution in [0.3, 0.4) is 0 Å². The molecule has 0 radical (unpaired) electrons. The molecular weight excluding hydrogens is 316 g/mol. The number of hydrogen-bond acceptors (Lipinski definition) is 4. The van der Waals surface area contributed by atoms with Gasteiger partial charge in [0.15, 0.2) is 0 Å². The van der Waals surface area contributed by atoms with E-state index >= 15 is 0 Å². The minimum atomic E-state index is -0.0984. The number of nitrogens with zero attached hydrogens (tertiary/aromatic N) is 1. The molecule has 0 aliphatic carbocycles. The molecule has 1 aromatic rings. The van der Waals surface area contributed by atoms with Crippen LogP contribution in [0.5, 0.6) is 5.75 Å². The highest BCUT2D eigenvalue weighted by Gasteiger charge is 2.29. The standard InChI is InChI=1S/C17H25ClN2O3/c1-11(2)5-7-23-12-4-6-20(10-12)17(21)13-8-14(18)15(19)9-16(13)22-3/h8-9,11-12H,4-7,10,19H2,1-3H3. The van der Waals surface area contributed by atoms with Gasteiger partial charge in [-0.1, -0.05) is 25.4 Å². The third kappa shape index (κ3) is 4.52. The summed E-state index contributed by atoms with van der Waals surface area (Å²) in [5.74, 6) is 0.968. The second kappa shape index (κ2) is 7.88. The number of rotatable bonds is 6. The Bertz CT molecular complexity index is 563. The summed E-state index contributed by atoms with van der Waals surface area (Å²) in [7, 11) is 1.52. The summed E-state index contributed by atoms with van der Waals surface area (Å²) < 4.78 is 11.1. The highest BCUT2D eigenvalue weighted by molar-refractivity contribution is 6.33. The zero-order valence-electron chi connectivity index (χ0n) is 14.0. The fourth-order valence-electron chi connectivity index (χ4n) is 2.59. The predicted octanol–water partition coefficient (Wildman–Crippen LogP) is 3.21. The summed E-state index contributed by atoms with van der Waals surface area (Å²) in [6.45, 7) is 6.36. The number of nitrogen functional groups attached to an aromatic ring is 1. The fourth-order valence-corrected chi connectivity index (χ4v) is 2.76. The highest BCUT2D eigenvalue weighted by atomic mass is 35.5. The highest BCUT2D eigenvalue weighted by Crippen LogP contribution is 2.30. The molecule has 1 amide bonds. The monoisotopic (exact) mass is 340 g/mol. The molecule has 23 heavy (non-hydrogen) atoms. The topological polar surface area (TPSA) is 64.8 Å². The van der Waals surface area contributed by atoms with E-state index in [-0.39, 0.29) is 12.0 Å². The van der Waals surface area contributed by atoms with E-state index in [1.54, 1.807) is 17.0 Å². The van der Waals surface area contributed by atoms with Gasteiger partial charge in [-0.3, -0.25) is 4.79 Å². The number of nitrogens with two attached hydrogens (primary N) is 1. The maximum Gasteiger partial charge on any atom is 0.257 e. The average molecular weight is 341 g/mol. The zero-order valence-corrected chi connectivity index (χ0v) is 14.7. The van der Waals surface area contributed by atoms with Crippen LogP contribution in [0.15, 0.2) is 12.1 Å². The molecule has 2 rings (SSSR count). The number of benzene rings is 1. The predicted molar refractivity (Wildman–Crippen MR) is 92.1 cm³/mol. The van der Waals surface area contributed by atoms with Crippen molar-refractivity contribution in [3.63, 3.8) is 0 Å². The quantitative estimate of drug-likeness (QED) is 0.808. The normalized spacial score (nSPS) is 17.8. The summed E-state index contributed by atoms with van der Waals surface area (Å²) in [4.78, 5) is 14.5. The molecule has 5 nitrogen and oxygen atoms in total. The Morgan fingerprint density at radius 3 is 2.87 bits per heavy atom. The first kappa shape index (κ1) is 17.9. The molecule has 1 heterocycles. The maximum absolute atomic E-state index is 12.7. The van der Waals surface area contributed by atoms with Crippen molar-refractivity contribution >= 4 is 23.2 Å². The van der Waals surface area contributed by atoms with Crippen molar-refractivity contribution in [2.24, 2.45) is 5.92 Å². The number of carbonyl (C=O) groups excluding carboxylic acids is 1. The molecular formula is C17H25ClN2O3. The summed E-state index contributed by atoms with van der Waals surface area (Å²) in [6, 6.07) is 3.16. The van der Waals surface area contributed by atoms with Gasteiger partial charge < -0.3 is 20.1 Å². The molecule has 6 heteroatoms. The number of amides is 1. The molecule has 1 aromatic carbocycles. The Balaban J connectivity index is 2.00. The van der Waals surface area contributed by atoms with Gasteiger partial charge in [0.05, 0.1) is 29.5 Å². The minimum absolute atomic E-state index is 0.0984. The fraction of sp³-hybridized carbons (Fsp3) is 0.588. The van der Waals surface area contributed by atoms with Gasteiger partial charge >= 0.3 is 0 Å². The number of methoxy groups -OCH3 is 1. The molecule has 2 N–H and O–H groups in total. The first-order chi connectivity index (χ1) is 10.9. The van der Waals surface area contributed by atoms with Gasteiger partial charge in [-0.05, 0) is 24.8 Å². The molecule has 1 fully saturated rings. The van der Waals surface area contributed by atoms with Crippen molar-refractivity contribution in [3.8, 4) is 5.75 Å². The van der Waals surface area contributed by atoms with Crippen LogP contribution in [0, 0.1) is 5.92 Å². The van der Waals surface area contributed by atoms with Crippen LogP contribution in [0.25, 0.3) is 0 Å².